The lowest BCUT2D eigenvalue weighted by molar-refractivity contribution is 0.805. The summed E-state index contributed by atoms with van der Waals surface area (Å²) in [5.74, 6) is 0. The fraction of sp³-hybridized carbons (Fsp3) is 0.214. The summed E-state index contributed by atoms with van der Waals surface area (Å²) < 4.78 is 0. The lowest BCUT2D eigenvalue weighted by Gasteiger charge is -2.15. The van der Waals surface area contributed by atoms with E-state index in [9.17, 15) is 0 Å². The minimum atomic E-state index is 0.214. The van der Waals surface area contributed by atoms with E-state index >= 15 is 0 Å². The monoisotopic (exact) mass is 225 g/mol. The lowest BCUT2D eigenvalue weighted by Crippen LogP contribution is -2.25. The molecule has 0 aliphatic heterocycles. The van der Waals surface area contributed by atoms with Gasteiger partial charge in [-0.15, -0.1) is 0 Å². The number of hydrogen-bond acceptors (Lipinski definition) is 3. The molecule has 1 atom stereocenters. The van der Waals surface area contributed by atoms with Crippen molar-refractivity contribution >= 4 is 16.5 Å². The number of fused-ring (bicyclic) bond motifs is 1. The summed E-state index contributed by atoms with van der Waals surface area (Å²) in [5, 5.41) is 14.5. The molecular formula is C14H15N3. The first-order valence-electron chi connectivity index (χ1n) is 5.64. The number of benzene rings is 2. The van der Waals surface area contributed by atoms with Gasteiger partial charge in [0.1, 0.15) is 0 Å². The van der Waals surface area contributed by atoms with Crippen LogP contribution in [0.3, 0.4) is 0 Å². The second-order valence-corrected chi connectivity index (χ2v) is 4.10. The van der Waals surface area contributed by atoms with E-state index < -0.39 is 0 Å². The molecule has 0 aromatic heterocycles. The molecule has 0 aliphatic carbocycles. The van der Waals surface area contributed by atoms with Crippen LogP contribution in [0.2, 0.25) is 0 Å². The SMILES string of the molecule is CC(CN)Nc1ccc(C#N)c2ccccc12. The molecule has 0 bridgehead atoms. The maximum absolute atomic E-state index is 9.06. The van der Waals surface area contributed by atoms with Crippen molar-refractivity contribution in [2.75, 3.05) is 11.9 Å². The number of nitriles is 1. The summed E-state index contributed by atoms with van der Waals surface area (Å²) in [6, 6.07) is 14.1. The maximum Gasteiger partial charge on any atom is 0.0998 e. The average molecular weight is 225 g/mol. The van der Waals surface area contributed by atoms with Gasteiger partial charge in [-0.3, -0.25) is 0 Å². The Balaban J connectivity index is 2.55. The van der Waals surface area contributed by atoms with Crippen molar-refractivity contribution in [2.24, 2.45) is 5.73 Å². The lowest BCUT2D eigenvalue weighted by atomic mass is 10.0. The van der Waals surface area contributed by atoms with Gasteiger partial charge in [-0.25, -0.2) is 0 Å². The number of nitrogens with one attached hydrogen (secondary N) is 1. The van der Waals surface area contributed by atoms with E-state index in [0.717, 1.165) is 16.5 Å². The topological polar surface area (TPSA) is 61.8 Å². The Kier molecular flexibility index (Phi) is 3.27. The Morgan fingerprint density at radius 1 is 1.24 bits per heavy atom. The number of nitrogens with two attached hydrogens (primary N) is 1. The molecule has 17 heavy (non-hydrogen) atoms. The Morgan fingerprint density at radius 3 is 2.59 bits per heavy atom. The molecule has 0 radical (unpaired) electrons. The van der Waals surface area contributed by atoms with Gasteiger partial charge in [0.25, 0.3) is 0 Å². The molecule has 3 nitrogen and oxygen atoms in total. The van der Waals surface area contributed by atoms with E-state index in [2.05, 4.69) is 11.4 Å². The van der Waals surface area contributed by atoms with Crippen LogP contribution in [-0.4, -0.2) is 12.6 Å². The minimum absolute atomic E-state index is 0.214. The van der Waals surface area contributed by atoms with Crippen molar-refractivity contribution in [1.82, 2.24) is 0 Å². The Labute approximate surface area is 101 Å². The predicted molar refractivity (Wildman–Crippen MR) is 70.8 cm³/mol. The van der Waals surface area contributed by atoms with Gasteiger partial charge in [0.2, 0.25) is 0 Å². The van der Waals surface area contributed by atoms with E-state index in [4.69, 9.17) is 11.0 Å². The zero-order chi connectivity index (χ0) is 12.3. The Morgan fingerprint density at radius 2 is 1.94 bits per heavy atom. The smallest absolute Gasteiger partial charge is 0.0998 e. The first kappa shape index (κ1) is 11.4. The molecular weight excluding hydrogens is 210 g/mol. The largest absolute Gasteiger partial charge is 0.381 e. The molecule has 3 heteroatoms. The van der Waals surface area contributed by atoms with Crippen molar-refractivity contribution in [1.29, 1.82) is 5.26 Å². The Hall–Kier alpha value is -2.05. The second kappa shape index (κ2) is 4.86. The van der Waals surface area contributed by atoms with Gasteiger partial charge in [0.05, 0.1) is 11.6 Å². The van der Waals surface area contributed by atoms with Crippen molar-refractivity contribution in [3.8, 4) is 6.07 Å². The van der Waals surface area contributed by atoms with Crippen molar-refractivity contribution in [2.45, 2.75) is 13.0 Å². The van der Waals surface area contributed by atoms with Crippen LogP contribution in [0.5, 0.6) is 0 Å². The van der Waals surface area contributed by atoms with Crippen LogP contribution in [0.15, 0.2) is 36.4 Å². The number of rotatable bonds is 3. The third kappa shape index (κ3) is 2.22. The predicted octanol–water partition coefficient (Wildman–Crippen LogP) is 2.47. The average Bonchev–Trinajstić information content (AvgIpc) is 2.39. The van der Waals surface area contributed by atoms with Crippen LogP contribution in [-0.2, 0) is 0 Å². The van der Waals surface area contributed by atoms with Gasteiger partial charge < -0.3 is 11.1 Å². The van der Waals surface area contributed by atoms with E-state index in [1.54, 1.807) is 0 Å². The van der Waals surface area contributed by atoms with E-state index in [1.165, 1.54) is 0 Å². The standard InChI is InChI=1S/C14H15N3/c1-10(8-15)17-14-7-6-11(9-16)12-4-2-3-5-13(12)14/h2-7,10,17H,8,15H2,1H3. The first-order valence-corrected chi connectivity index (χ1v) is 5.64. The molecule has 0 fully saturated rings. The number of anilines is 1. The van der Waals surface area contributed by atoms with Crippen LogP contribution in [0.25, 0.3) is 10.8 Å². The fourth-order valence-electron chi connectivity index (χ4n) is 1.85. The zero-order valence-corrected chi connectivity index (χ0v) is 9.77. The summed E-state index contributed by atoms with van der Waals surface area (Å²) in [6.07, 6.45) is 0. The molecule has 0 saturated heterocycles. The van der Waals surface area contributed by atoms with Crippen LogP contribution in [0, 0.1) is 11.3 Å². The highest BCUT2D eigenvalue weighted by Crippen LogP contribution is 2.26. The fourth-order valence-corrected chi connectivity index (χ4v) is 1.85. The molecule has 3 N–H and O–H groups in total. The quantitative estimate of drug-likeness (QED) is 0.843. The molecule has 2 aromatic carbocycles. The van der Waals surface area contributed by atoms with E-state index in [0.29, 0.717) is 12.1 Å². The highest BCUT2D eigenvalue weighted by Gasteiger charge is 2.06. The van der Waals surface area contributed by atoms with Crippen molar-refractivity contribution < 1.29 is 0 Å². The van der Waals surface area contributed by atoms with Crippen molar-refractivity contribution in [3.63, 3.8) is 0 Å². The van der Waals surface area contributed by atoms with Gasteiger partial charge >= 0.3 is 0 Å². The van der Waals surface area contributed by atoms with Gasteiger partial charge in [0.15, 0.2) is 0 Å². The van der Waals surface area contributed by atoms with Crippen LogP contribution in [0.1, 0.15) is 12.5 Å². The zero-order valence-electron chi connectivity index (χ0n) is 9.77. The molecule has 0 spiro atoms. The van der Waals surface area contributed by atoms with Gasteiger partial charge in [-0.05, 0) is 19.1 Å². The summed E-state index contributed by atoms with van der Waals surface area (Å²) in [4.78, 5) is 0. The maximum atomic E-state index is 9.06. The second-order valence-electron chi connectivity index (χ2n) is 4.10. The molecule has 0 amide bonds. The van der Waals surface area contributed by atoms with E-state index in [-0.39, 0.29) is 6.04 Å². The molecule has 0 heterocycles. The number of hydrogen-bond donors (Lipinski definition) is 2. The van der Waals surface area contributed by atoms with Crippen LogP contribution < -0.4 is 11.1 Å². The van der Waals surface area contributed by atoms with Crippen LogP contribution >= 0.6 is 0 Å². The first-order chi connectivity index (χ1) is 8.26. The Bertz CT molecular complexity index is 569. The summed E-state index contributed by atoms with van der Waals surface area (Å²) in [5.41, 5.74) is 7.33. The third-order valence-electron chi connectivity index (χ3n) is 2.80. The van der Waals surface area contributed by atoms with Crippen molar-refractivity contribution in [3.05, 3.63) is 42.0 Å². The molecule has 0 saturated carbocycles. The third-order valence-corrected chi connectivity index (χ3v) is 2.80. The minimum Gasteiger partial charge on any atom is -0.381 e. The summed E-state index contributed by atoms with van der Waals surface area (Å²) >= 11 is 0. The highest BCUT2D eigenvalue weighted by atomic mass is 14.9. The summed E-state index contributed by atoms with van der Waals surface area (Å²) in [6.45, 7) is 2.61. The number of nitrogens with zero attached hydrogens (tertiary/aromatic N) is 1. The van der Waals surface area contributed by atoms with Gasteiger partial charge in [0, 0.05) is 29.0 Å². The van der Waals surface area contributed by atoms with E-state index in [1.807, 2.05) is 43.3 Å². The highest BCUT2D eigenvalue weighted by molar-refractivity contribution is 5.97. The molecule has 2 rings (SSSR count). The molecule has 1 unspecified atom stereocenters. The van der Waals surface area contributed by atoms with Gasteiger partial charge in [-0.1, -0.05) is 24.3 Å². The van der Waals surface area contributed by atoms with Crippen LogP contribution in [0.4, 0.5) is 5.69 Å². The molecule has 0 aliphatic rings. The summed E-state index contributed by atoms with van der Waals surface area (Å²) in [7, 11) is 0. The molecule has 2 aromatic rings. The normalized spacial score (nSPS) is 12.1. The molecule has 86 valence electrons. The van der Waals surface area contributed by atoms with Gasteiger partial charge in [-0.2, -0.15) is 5.26 Å².